The quantitative estimate of drug-likeness (QED) is 0.668. The molecule has 6 nitrogen and oxygen atoms in total. The van der Waals surface area contributed by atoms with Crippen LogP contribution in [0.3, 0.4) is 0 Å². The van der Waals surface area contributed by atoms with Crippen LogP contribution < -0.4 is 4.74 Å². The van der Waals surface area contributed by atoms with E-state index in [1.54, 1.807) is 14.0 Å². The highest BCUT2D eigenvalue weighted by Gasteiger charge is 2.15. The van der Waals surface area contributed by atoms with E-state index in [0.29, 0.717) is 29.8 Å². The Hall–Kier alpha value is -2.86. The van der Waals surface area contributed by atoms with Crippen molar-refractivity contribution in [2.24, 2.45) is 0 Å². The van der Waals surface area contributed by atoms with Gasteiger partial charge >= 0.3 is 5.97 Å². The predicted molar refractivity (Wildman–Crippen MR) is 93.6 cm³/mol. The largest absolute Gasteiger partial charge is 0.506 e. The molecule has 0 aliphatic carbocycles. The van der Waals surface area contributed by atoms with Gasteiger partial charge in [-0.1, -0.05) is 12.1 Å². The molecule has 0 atom stereocenters. The van der Waals surface area contributed by atoms with Gasteiger partial charge in [-0.15, -0.1) is 0 Å². The maximum Gasteiger partial charge on any atom is 0.328 e. The minimum Gasteiger partial charge on any atom is -0.506 e. The predicted octanol–water partition coefficient (Wildman–Crippen LogP) is 2.48. The molecule has 2 aromatic rings. The Kier molecular flexibility index (Phi) is 6.14. The van der Waals surface area contributed by atoms with Crippen LogP contribution in [0.25, 0.3) is 6.08 Å². The summed E-state index contributed by atoms with van der Waals surface area (Å²) in [6.45, 7) is 1.25. The fourth-order valence-corrected chi connectivity index (χ4v) is 2.59. The molecule has 0 amide bonds. The van der Waals surface area contributed by atoms with Gasteiger partial charge in [-0.2, -0.15) is 0 Å². The van der Waals surface area contributed by atoms with Crippen molar-refractivity contribution in [1.82, 2.24) is 4.98 Å². The molecule has 0 saturated heterocycles. The average Bonchev–Trinajstić information content (AvgIpc) is 2.61. The standard InChI is InChI=1S/C19H21NO5/c1-12-19(24)16(11-21)15(8-10-18(22)23)17(20-12)9-5-13-3-6-14(25-2)7-4-13/h3-4,6-8,10,21,24H,5,9,11H2,1-2H3,(H,22,23). The molecule has 0 spiro atoms. The smallest absolute Gasteiger partial charge is 0.328 e. The summed E-state index contributed by atoms with van der Waals surface area (Å²) in [5.74, 6) is -0.444. The first kappa shape index (κ1) is 18.5. The van der Waals surface area contributed by atoms with Crippen LogP contribution in [-0.4, -0.2) is 33.4 Å². The zero-order valence-corrected chi connectivity index (χ0v) is 14.2. The molecule has 0 fully saturated rings. The maximum atomic E-state index is 10.8. The Labute approximate surface area is 146 Å². The number of aromatic hydroxyl groups is 1. The van der Waals surface area contributed by atoms with Crippen molar-refractivity contribution in [3.05, 3.63) is 58.4 Å². The minimum atomic E-state index is -1.11. The van der Waals surface area contributed by atoms with Gasteiger partial charge in [0, 0.05) is 22.9 Å². The summed E-state index contributed by atoms with van der Waals surface area (Å²) in [5, 5.41) is 28.5. The molecule has 1 aromatic carbocycles. The first-order chi connectivity index (χ1) is 12.0. The van der Waals surface area contributed by atoms with Gasteiger partial charge in [-0.05, 0) is 43.5 Å². The number of aliphatic carboxylic acids is 1. The molecular weight excluding hydrogens is 322 g/mol. The summed E-state index contributed by atoms with van der Waals surface area (Å²) in [6.07, 6.45) is 3.56. The molecule has 0 aliphatic rings. The lowest BCUT2D eigenvalue weighted by Gasteiger charge is -2.14. The number of benzene rings is 1. The monoisotopic (exact) mass is 343 g/mol. The molecule has 1 aromatic heterocycles. The van der Waals surface area contributed by atoms with Crippen LogP contribution in [-0.2, 0) is 24.2 Å². The second-order valence-electron chi connectivity index (χ2n) is 5.56. The summed E-state index contributed by atoms with van der Waals surface area (Å²) < 4.78 is 5.13. The molecule has 0 saturated carbocycles. The van der Waals surface area contributed by atoms with Crippen molar-refractivity contribution in [3.8, 4) is 11.5 Å². The lowest BCUT2D eigenvalue weighted by Crippen LogP contribution is -2.05. The molecule has 3 N–H and O–H groups in total. The number of carbonyl (C=O) groups is 1. The van der Waals surface area contributed by atoms with Crippen molar-refractivity contribution in [2.45, 2.75) is 26.4 Å². The number of methoxy groups -OCH3 is 1. The topological polar surface area (TPSA) is 99.9 Å². The van der Waals surface area contributed by atoms with Crippen LogP contribution >= 0.6 is 0 Å². The molecule has 2 rings (SSSR count). The van der Waals surface area contributed by atoms with Crippen LogP contribution in [0.15, 0.2) is 30.3 Å². The zero-order chi connectivity index (χ0) is 18.4. The number of hydrogen-bond donors (Lipinski definition) is 3. The number of aromatic nitrogens is 1. The summed E-state index contributed by atoms with van der Waals surface area (Å²) >= 11 is 0. The zero-order valence-electron chi connectivity index (χ0n) is 14.2. The third kappa shape index (κ3) is 4.58. The number of carboxylic acids is 1. The Morgan fingerprint density at radius 2 is 1.92 bits per heavy atom. The van der Waals surface area contributed by atoms with Gasteiger partial charge in [0.1, 0.15) is 11.5 Å². The molecule has 0 bridgehead atoms. The summed E-state index contributed by atoms with van der Waals surface area (Å²) in [7, 11) is 1.61. The molecule has 0 radical (unpaired) electrons. The number of pyridine rings is 1. The molecular formula is C19H21NO5. The average molecular weight is 343 g/mol. The van der Waals surface area contributed by atoms with Gasteiger partial charge < -0.3 is 20.1 Å². The molecule has 0 aliphatic heterocycles. The van der Waals surface area contributed by atoms with E-state index in [9.17, 15) is 15.0 Å². The number of ether oxygens (including phenoxy) is 1. The molecule has 1 heterocycles. The van der Waals surface area contributed by atoms with Gasteiger partial charge in [-0.25, -0.2) is 4.79 Å². The number of nitrogens with zero attached hydrogens (tertiary/aromatic N) is 1. The van der Waals surface area contributed by atoms with Crippen molar-refractivity contribution >= 4 is 12.0 Å². The lowest BCUT2D eigenvalue weighted by molar-refractivity contribution is -0.131. The first-order valence-corrected chi connectivity index (χ1v) is 7.82. The number of rotatable bonds is 7. The van der Waals surface area contributed by atoms with E-state index in [-0.39, 0.29) is 11.3 Å². The van der Waals surface area contributed by atoms with E-state index in [0.717, 1.165) is 17.4 Å². The summed E-state index contributed by atoms with van der Waals surface area (Å²) in [6, 6.07) is 7.64. The van der Waals surface area contributed by atoms with E-state index in [1.807, 2.05) is 24.3 Å². The van der Waals surface area contributed by atoms with Crippen LogP contribution in [0.5, 0.6) is 11.5 Å². The van der Waals surface area contributed by atoms with Gasteiger partial charge in [0.2, 0.25) is 0 Å². The van der Waals surface area contributed by atoms with Crippen molar-refractivity contribution < 1.29 is 24.9 Å². The second-order valence-corrected chi connectivity index (χ2v) is 5.56. The summed E-state index contributed by atoms with van der Waals surface area (Å²) in [4.78, 5) is 15.2. The van der Waals surface area contributed by atoms with E-state index in [1.165, 1.54) is 6.08 Å². The summed E-state index contributed by atoms with van der Waals surface area (Å²) in [5.41, 5.74) is 2.84. The van der Waals surface area contributed by atoms with Gasteiger partial charge in [0.25, 0.3) is 0 Å². The number of aliphatic hydroxyl groups is 1. The van der Waals surface area contributed by atoms with Crippen molar-refractivity contribution in [3.63, 3.8) is 0 Å². The highest BCUT2D eigenvalue weighted by atomic mass is 16.5. The van der Waals surface area contributed by atoms with Crippen LogP contribution in [0.4, 0.5) is 0 Å². The van der Waals surface area contributed by atoms with Gasteiger partial charge in [0.05, 0.1) is 19.4 Å². The Bertz CT molecular complexity index is 781. The van der Waals surface area contributed by atoms with Crippen molar-refractivity contribution in [2.75, 3.05) is 7.11 Å². The fraction of sp³-hybridized carbons (Fsp3) is 0.263. The van der Waals surface area contributed by atoms with E-state index < -0.39 is 12.6 Å². The third-order valence-corrected chi connectivity index (χ3v) is 3.93. The van der Waals surface area contributed by atoms with Crippen LogP contribution in [0, 0.1) is 6.92 Å². The molecule has 25 heavy (non-hydrogen) atoms. The van der Waals surface area contributed by atoms with E-state index in [2.05, 4.69) is 4.98 Å². The van der Waals surface area contributed by atoms with Crippen LogP contribution in [0.1, 0.15) is 28.1 Å². The first-order valence-electron chi connectivity index (χ1n) is 7.82. The highest BCUT2D eigenvalue weighted by Crippen LogP contribution is 2.28. The Morgan fingerprint density at radius 3 is 2.48 bits per heavy atom. The number of carboxylic acid groups (broad SMARTS) is 1. The van der Waals surface area contributed by atoms with E-state index >= 15 is 0 Å². The second kappa shape index (κ2) is 8.30. The number of hydrogen-bond acceptors (Lipinski definition) is 5. The van der Waals surface area contributed by atoms with Crippen LogP contribution in [0.2, 0.25) is 0 Å². The van der Waals surface area contributed by atoms with Gasteiger partial charge in [0.15, 0.2) is 0 Å². The van der Waals surface area contributed by atoms with Crippen molar-refractivity contribution in [1.29, 1.82) is 0 Å². The molecule has 6 heteroatoms. The Morgan fingerprint density at radius 1 is 1.24 bits per heavy atom. The van der Waals surface area contributed by atoms with Gasteiger partial charge in [-0.3, -0.25) is 4.98 Å². The number of aliphatic hydroxyl groups excluding tert-OH is 1. The third-order valence-electron chi connectivity index (χ3n) is 3.93. The Balaban J connectivity index is 2.34. The lowest BCUT2D eigenvalue weighted by atomic mass is 9.99. The van der Waals surface area contributed by atoms with E-state index in [4.69, 9.17) is 9.84 Å². The minimum absolute atomic E-state index is 0.110. The SMILES string of the molecule is COc1ccc(CCc2nc(C)c(O)c(CO)c2C=CC(=O)O)cc1. The molecule has 132 valence electrons. The highest BCUT2D eigenvalue weighted by molar-refractivity contribution is 5.86. The normalized spacial score (nSPS) is 11.0. The molecule has 0 unspecified atom stereocenters. The maximum absolute atomic E-state index is 10.8. The number of aryl methyl sites for hydroxylation is 3. The fourth-order valence-electron chi connectivity index (χ4n) is 2.59.